The van der Waals surface area contributed by atoms with Gasteiger partial charge in [-0.2, -0.15) is 0 Å². The largest absolute Gasteiger partial charge is 1.00 e. The molecule has 0 saturated carbocycles. The second-order valence-corrected chi connectivity index (χ2v) is 12.4. The zero-order chi connectivity index (χ0) is 31.5. The summed E-state index contributed by atoms with van der Waals surface area (Å²) in [6.07, 6.45) is 19.0. The molecule has 43 heavy (non-hydrogen) atoms. The average Bonchev–Trinajstić information content (AvgIpc) is 2.95. The Kier molecular flexibility index (Phi) is 31.3. The minimum atomic E-state index is -4.93. The molecular weight excluding hydrogens is 588 g/mol. The Morgan fingerprint density at radius 1 is 0.651 bits per heavy atom. The Balaban J connectivity index is 0. The number of aliphatic carboxylic acids is 1. The second-order valence-electron chi connectivity index (χ2n) is 11.0. The summed E-state index contributed by atoms with van der Waals surface area (Å²) >= 11 is 0. The molecular formula is C30H57NNaO10P. The predicted molar refractivity (Wildman–Crippen MR) is 156 cm³/mol. The van der Waals surface area contributed by atoms with E-state index in [-0.39, 0.29) is 49.0 Å². The van der Waals surface area contributed by atoms with Crippen LogP contribution in [-0.2, 0) is 37.5 Å². The van der Waals surface area contributed by atoms with Crippen molar-refractivity contribution >= 4 is 25.7 Å². The number of hydrogen-bond donors (Lipinski definition) is 1. The van der Waals surface area contributed by atoms with Crippen LogP contribution in [0.25, 0.3) is 0 Å². The Morgan fingerprint density at radius 3 is 1.49 bits per heavy atom. The zero-order valence-corrected chi connectivity index (χ0v) is 30.0. The Labute approximate surface area is 281 Å². The number of carboxylic acid groups (broad SMARTS) is 1. The fraction of sp³-hybridized carbons (Fsp3) is 0.900. The first kappa shape index (κ1) is 44.6. The van der Waals surface area contributed by atoms with E-state index in [1.54, 1.807) is 0 Å². The molecule has 0 amide bonds. The molecule has 0 heterocycles. The van der Waals surface area contributed by atoms with Crippen LogP contribution >= 0.6 is 7.82 Å². The van der Waals surface area contributed by atoms with Crippen LogP contribution in [0.5, 0.6) is 0 Å². The molecule has 248 valence electrons. The second kappa shape index (κ2) is 30.2. The van der Waals surface area contributed by atoms with Gasteiger partial charge in [0.2, 0.25) is 0 Å². The summed E-state index contributed by atoms with van der Waals surface area (Å²) in [5, 5.41) is 10.7. The molecule has 0 saturated heterocycles. The van der Waals surface area contributed by atoms with E-state index in [2.05, 4.69) is 24.1 Å². The van der Waals surface area contributed by atoms with E-state index in [4.69, 9.17) is 14.0 Å². The summed E-state index contributed by atoms with van der Waals surface area (Å²) in [6.45, 7) is 2.61. The Bertz CT molecular complexity index is 758. The monoisotopic (exact) mass is 645 g/mol. The predicted octanol–water partition coefficient (Wildman–Crippen LogP) is 1.15. The van der Waals surface area contributed by atoms with Crippen molar-refractivity contribution in [3.8, 4) is 0 Å². The first-order chi connectivity index (χ1) is 20.1. The average molecular weight is 646 g/mol. The molecule has 11 nitrogen and oxygen atoms in total. The van der Waals surface area contributed by atoms with E-state index in [1.165, 1.54) is 64.2 Å². The van der Waals surface area contributed by atoms with Crippen LogP contribution in [0.2, 0.25) is 0 Å². The number of phosphoric acid groups is 1. The van der Waals surface area contributed by atoms with Gasteiger partial charge in [-0.1, -0.05) is 117 Å². The molecule has 0 fully saturated rings. The number of carboxylic acids is 1. The summed E-state index contributed by atoms with van der Waals surface area (Å²) < 4.78 is 31.9. The fourth-order valence-electron chi connectivity index (χ4n) is 4.24. The molecule has 3 atom stereocenters. The number of hydrogen-bond acceptors (Lipinski definition) is 10. The first-order valence-corrected chi connectivity index (χ1v) is 17.6. The van der Waals surface area contributed by atoms with Crippen LogP contribution < -0.4 is 45.3 Å². The minimum absolute atomic E-state index is 0. The van der Waals surface area contributed by atoms with E-state index in [0.29, 0.717) is 12.8 Å². The van der Waals surface area contributed by atoms with Crippen LogP contribution in [0, 0.1) is 0 Å². The molecule has 0 aliphatic carbocycles. The van der Waals surface area contributed by atoms with Gasteiger partial charge in [0, 0.05) is 12.8 Å². The number of rotatable bonds is 30. The number of phosphoric ester groups is 1. The summed E-state index contributed by atoms with van der Waals surface area (Å²) in [6, 6.07) is -1.41. The van der Waals surface area contributed by atoms with Crippen LogP contribution in [0.1, 0.15) is 142 Å². The van der Waals surface area contributed by atoms with Gasteiger partial charge < -0.3 is 39.0 Å². The molecule has 0 aliphatic rings. The summed E-state index contributed by atoms with van der Waals surface area (Å²) in [7, 11) is -4.93. The molecule has 0 spiro atoms. The smallest absolute Gasteiger partial charge is 0.756 e. The van der Waals surface area contributed by atoms with Crippen LogP contribution in [0.3, 0.4) is 0 Å². The maximum atomic E-state index is 12.4. The fourth-order valence-corrected chi connectivity index (χ4v) is 5.03. The summed E-state index contributed by atoms with van der Waals surface area (Å²) in [5.41, 5.74) is 3.21. The molecule has 0 aliphatic heterocycles. The van der Waals surface area contributed by atoms with Crippen molar-refractivity contribution in [2.45, 2.75) is 154 Å². The Morgan fingerprint density at radius 2 is 1.05 bits per heavy atom. The summed E-state index contributed by atoms with van der Waals surface area (Å²) in [5.74, 6) is -2.58. The number of esters is 2. The molecule has 0 radical (unpaired) electrons. The molecule has 3 unspecified atom stereocenters. The topological polar surface area (TPSA) is 179 Å². The van der Waals surface area contributed by atoms with Crippen LogP contribution in [0.15, 0.2) is 0 Å². The van der Waals surface area contributed by atoms with Gasteiger partial charge in [0.05, 0.1) is 6.61 Å². The third-order valence-electron chi connectivity index (χ3n) is 6.88. The van der Waals surface area contributed by atoms with E-state index in [9.17, 15) is 28.9 Å². The number of ether oxygens (including phenoxy) is 2. The molecule has 13 heteroatoms. The molecule has 0 aromatic heterocycles. The minimum Gasteiger partial charge on any atom is -0.756 e. The Hall–Kier alpha value is -0.520. The van der Waals surface area contributed by atoms with Crippen LogP contribution in [0.4, 0.5) is 0 Å². The van der Waals surface area contributed by atoms with E-state index in [0.717, 1.165) is 38.5 Å². The number of carbonyl (C=O) groups excluding carboxylic acids is 3. The number of carbonyl (C=O) groups is 3. The van der Waals surface area contributed by atoms with Gasteiger partial charge in [-0.05, 0) is 12.8 Å². The molecule has 0 aromatic rings. The van der Waals surface area contributed by atoms with Crippen molar-refractivity contribution in [3.63, 3.8) is 0 Å². The van der Waals surface area contributed by atoms with Crippen molar-refractivity contribution in [2.75, 3.05) is 19.8 Å². The maximum absolute atomic E-state index is 12.4. The quantitative estimate of drug-likeness (QED) is 0.0516. The van der Waals surface area contributed by atoms with Gasteiger partial charge in [-0.25, -0.2) is 0 Å². The molecule has 0 aromatic carbocycles. The van der Waals surface area contributed by atoms with Crippen molar-refractivity contribution in [1.29, 1.82) is 0 Å². The number of quaternary nitrogens is 1. The molecule has 0 rings (SSSR count). The normalized spacial score (nSPS) is 13.9. The van der Waals surface area contributed by atoms with Crippen molar-refractivity contribution in [3.05, 3.63) is 0 Å². The van der Waals surface area contributed by atoms with E-state index >= 15 is 0 Å². The van der Waals surface area contributed by atoms with Crippen molar-refractivity contribution in [1.82, 2.24) is 0 Å². The maximum Gasteiger partial charge on any atom is 1.00 e. The SMILES string of the molecule is CCCCCCCCCCCC(=O)OCC(COP(=O)([O-])OCC([NH3+])C(=O)[O-])OC(=O)CCCCCCCCCCC.[Na+]. The van der Waals surface area contributed by atoms with Crippen LogP contribution in [-0.4, -0.2) is 49.9 Å². The van der Waals surface area contributed by atoms with Gasteiger partial charge in [0.1, 0.15) is 25.2 Å². The van der Waals surface area contributed by atoms with Crippen molar-refractivity contribution in [2.24, 2.45) is 0 Å². The summed E-state index contributed by atoms with van der Waals surface area (Å²) in [4.78, 5) is 47.4. The van der Waals surface area contributed by atoms with Gasteiger partial charge in [0.15, 0.2) is 6.10 Å². The zero-order valence-electron chi connectivity index (χ0n) is 27.2. The third-order valence-corrected chi connectivity index (χ3v) is 7.81. The van der Waals surface area contributed by atoms with E-state index in [1.807, 2.05) is 0 Å². The first-order valence-electron chi connectivity index (χ1n) is 16.1. The third kappa shape index (κ3) is 29.9. The molecule has 3 N–H and O–H groups in total. The standard InChI is InChI=1S/C30H58NO10P.Na/c1-3-5-7-9-11-13-15-17-19-21-28(32)38-23-26(24-39-42(36,37)40-25-27(31)30(34)35)41-29(33)22-20-18-16-14-12-10-8-6-4-2;/h26-27H,3-25,31H2,1-2H3,(H,34,35)(H,36,37);/q;+1/p-1. The van der Waals surface area contributed by atoms with Gasteiger partial charge in [0.25, 0.3) is 7.82 Å². The van der Waals surface area contributed by atoms with E-state index < -0.39 is 51.1 Å². The van der Waals surface area contributed by atoms with Crippen molar-refractivity contribution < 1.29 is 82.8 Å². The van der Waals surface area contributed by atoms with Gasteiger partial charge in [-0.3, -0.25) is 14.2 Å². The van der Waals surface area contributed by atoms with Gasteiger partial charge >= 0.3 is 41.5 Å². The van der Waals surface area contributed by atoms with Gasteiger partial charge in [-0.15, -0.1) is 0 Å². The molecule has 0 bridgehead atoms. The number of unbranched alkanes of at least 4 members (excludes halogenated alkanes) is 16.